The van der Waals surface area contributed by atoms with Crippen molar-refractivity contribution in [2.45, 2.75) is 12.5 Å². The van der Waals surface area contributed by atoms with Gasteiger partial charge in [-0.25, -0.2) is 4.39 Å². The molecule has 0 heterocycles. The molecule has 5 heteroatoms. The number of rotatable bonds is 4. The second-order valence-electron chi connectivity index (χ2n) is 4.35. The Hall–Kier alpha value is -1.29. The van der Waals surface area contributed by atoms with Crippen LogP contribution in [0.15, 0.2) is 36.4 Å². The van der Waals surface area contributed by atoms with Gasteiger partial charge in [0.1, 0.15) is 11.6 Å². The number of halogens is 3. The zero-order chi connectivity index (χ0) is 14.7. The highest BCUT2D eigenvalue weighted by atomic mass is 35.5. The van der Waals surface area contributed by atoms with E-state index in [9.17, 15) is 9.50 Å². The van der Waals surface area contributed by atoms with Crippen molar-refractivity contribution < 1.29 is 14.2 Å². The molecule has 0 aliphatic heterocycles. The number of aliphatic hydroxyl groups is 1. The minimum absolute atomic E-state index is 0.145. The Balaban J connectivity index is 2.19. The highest BCUT2D eigenvalue weighted by Crippen LogP contribution is 2.29. The van der Waals surface area contributed by atoms with E-state index < -0.39 is 11.9 Å². The molecular formula is C15H13Cl2FO2. The Morgan fingerprint density at radius 3 is 2.55 bits per heavy atom. The summed E-state index contributed by atoms with van der Waals surface area (Å²) in [6.45, 7) is 0. The van der Waals surface area contributed by atoms with Crippen molar-refractivity contribution in [1.82, 2.24) is 0 Å². The Labute approximate surface area is 126 Å². The van der Waals surface area contributed by atoms with Gasteiger partial charge in [0.2, 0.25) is 0 Å². The van der Waals surface area contributed by atoms with Crippen LogP contribution in [0.1, 0.15) is 17.2 Å². The van der Waals surface area contributed by atoms with Crippen molar-refractivity contribution in [3.63, 3.8) is 0 Å². The predicted molar refractivity (Wildman–Crippen MR) is 78.1 cm³/mol. The van der Waals surface area contributed by atoms with Gasteiger partial charge < -0.3 is 9.84 Å². The van der Waals surface area contributed by atoms with E-state index in [4.69, 9.17) is 27.9 Å². The molecule has 0 bridgehead atoms. The molecule has 0 amide bonds. The summed E-state index contributed by atoms with van der Waals surface area (Å²) in [6, 6.07) is 9.35. The third-order valence-electron chi connectivity index (χ3n) is 2.99. The molecule has 2 nitrogen and oxygen atoms in total. The lowest BCUT2D eigenvalue weighted by atomic mass is 10.0. The second kappa shape index (κ2) is 6.44. The van der Waals surface area contributed by atoms with Gasteiger partial charge in [0.25, 0.3) is 0 Å². The van der Waals surface area contributed by atoms with Crippen molar-refractivity contribution in [3.8, 4) is 5.75 Å². The van der Waals surface area contributed by atoms with E-state index in [2.05, 4.69) is 0 Å². The molecule has 0 spiro atoms. The van der Waals surface area contributed by atoms with Crippen LogP contribution in [0.25, 0.3) is 0 Å². The van der Waals surface area contributed by atoms with Gasteiger partial charge in [0.15, 0.2) is 0 Å². The minimum atomic E-state index is -0.853. The largest absolute Gasteiger partial charge is 0.495 e. The molecule has 0 fully saturated rings. The van der Waals surface area contributed by atoms with Gasteiger partial charge in [-0.15, -0.1) is 0 Å². The minimum Gasteiger partial charge on any atom is -0.495 e. The predicted octanol–water partition coefficient (Wildman–Crippen LogP) is 4.42. The Morgan fingerprint density at radius 1 is 1.20 bits per heavy atom. The van der Waals surface area contributed by atoms with Crippen LogP contribution in [0, 0.1) is 5.82 Å². The summed E-state index contributed by atoms with van der Waals surface area (Å²) in [4.78, 5) is 0. The molecule has 0 radical (unpaired) electrons. The first-order chi connectivity index (χ1) is 9.51. The maximum atomic E-state index is 13.7. The topological polar surface area (TPSA) is 29.5 Å². The van der Waals surface area contributed by atoms with Crippen LogP contribution in [0.5, 0.6) is 5.75 Å². The van der Waals surface area contributed by atoms with Gasteiger partial charge in [0.05, 0.1) is 18.2 Å². The van der Waals surface area contributed by atoms with Gasteiger partial charge in [-0.05, 0) is 35.4 Å². The molecule has 0 aromatic heterocycles. The summed E-state index contributed by atoms with van der Waals surface area (Å²) in [5.41, 5.74) is 0.999. The standard InChI is InChI=1S/C15H13Cl2FO2/c1-20-15-5-3-10(6-12(15)17)14(19)7-9-2-4-11(16)8-13(9)18/h2-6,8,14,19H,7H2,1H3. The number of methoxy groups -OCH3 is 1. The summed E-state index contributed by atoms with van der Waals surface area (Å²) in [7, 11) is 1.51. The Kier molecular flexibility index (Phi) is 4.86. The van der Waals surface area contributed by atoms with E-state index in [1.165, 1.54) is 13.2 Å². The van der Waals surface area contributed by atoms with Crippen LogP contribution in [-0.2, 0) is 6.42 Å². The number of ether oxygens (including phenoxy) is 1. The maximum Gasteiger partial charge on any atom is 0.137 e. The zero-order valence-corrected chi connectivity index (χ0v) is 12.2. The first-order valence-electron chi connectivity index (χ1n) is 5.96. The van der Waals surface area contributed by atoms with E-state index >= 15 is 0 Å². The molecule has 1 N–H and O–H groups in total. The molecule has 106 valence electrons. The number of benzene rings is 2. The fraction of sp³-hybridized carbons (Fsp3) is 0.200. The summed E-state index contributed by atoms with van der Waals surface area (Å²) in [5, 5.41) is 10.9. The third kappa shape index (κ3) is 3.42. The normalized spacial score (nSPS) is 12.2. The van der Waals surface area contributed by atoms with Crippen LogP contribution in [0.4, 0.5) is 4.39 Å². The molecule has 0 saturated heterocycles. The van der Waals surface area contributed by atoms with E-state index in [-0.39, 0.29) is 6.42 Å². The fourth-order valence-corrected chi connectivity index (χ4v) is 2.33. The van der Waals surface area contributed by atoms with Gasteiger partial charge in [-0.1, -0.05) is 35.3 Å². The van der Waals surface area contributed by atoms with Crippen LogP contribution >= 0.6 is 23.2 Å². The van der Waals surface area contributed by atoms with Crippen LogP contribution < -0.4 is 4.74 Å². The van der Waals surface area contributed by atoms with Gasteiger partial charge in [0, 0.05) is 11.4 Å². The number of hydrogen-bond acceptors (Lipinski definition) is 2. The average molecular weight is 315 g/mol. The molecule has 20 heavy (non-hydrogen) atoms. The Bertz CT molecular complexity index is 617. The van der Waals surface area contributed by atoms with Crippen molar-refractivity contribution in [2.75, 3.05) is 7.11 Å². The van der Waals surface area contributed by atoms with E-state index in [1.54, 1.807) is 30.3 Å². The van der Waals surface area contributed by atoms with Crippen molar-refractivity contribution in [3.05, 3.63) is 63.4 Å². The zero-order valence-electron chi connectivity index (χ0n) is 10.7. The van der Waals surface area contributed by atoms with Crippen LogP contribution in [-0.4, -0.2) is 12.2 Å². The first-order valence-corrected chi connectivity index (χ1v) is 6.72. The molecule has 0 aliphatic carbocycles. The van der Waals surface area contributed by atoms with E-state index in [0.29, 0.717) is 26.9 Å². The lowest BCUT2D eigenvalue weighted by molar-refractivity contribution is 0.177. The van der Waals surface area contributed by atoms with Gasteiger partial charge >= 0.3 is 0 Å². The molecule has 1 atom stereocenters. The van der Waals surface area contributed by atoms with Crippen molar-refractivity contribution >= 4 is 23.2 Å². The lowest BCUT2D eigenvalue weighted by Crippen LogP contribution is -2.04. The molecule has 0 saturated carbocycles. The number of aliphatic hydroxyl groups excluding tert-OH is 1. The monoisotopic (exact) mass is 314 g/mol. The van der Waals surface area contributed by atoms with Gasteiger partial charge in [-0.2, -0.15) is 0 Å². The molecule has 1 unspecified atom stereocenters. The van der Waals surface area contributed by atoms with Crippen molar-refractivity contribution in [1.29, 1.82) is 0 Å². The lowest BCUT2D eigenvalue weighted by Gasteiger charge is -2.13. The SMILES string of the molecule is COc1ccc(C(O)Cc2ccc(Cl)cc2F)cc1Cl. The summed E-state index contributed by atoms with van der Waals surface area (Å²) >= 11 is 11.7. The summed E-state index contributed by atoms with van der Waals surface area (Å²) in [5.74, 6) is 0.0939. The average Bonchev–Trinajstić information content (AvgIpc) is 2.41. The smallest absolute Gasteiger partial charge is 0.137 e. The fourth-order valence-electron chi connectivity index (χ4n) is 1.90. The first kappa shape index (κ1) is 15.1. The van der Waals surface area contributed by atoms with E-state index in [1.807, 2.05) is 0 Å². The van der Waals surface area contributed by atoms with Crippen LogP contribution in [0.3, 0.4) is 0 Å². The molecule has 2 aromatic rings. The quantitative estimate of drug-likeness (QED) is 0.905. The molecule has 0 aliphatic rings. The van der Waals surface area contributed by atoms with Crippen molar-refractivity contribution in [2.24, 2.45) is 0 Å². The van der Waals surface area contributed by atoms with Crippen LogP contribution in [0.2, 0.25) is 10.0 Å². The second-order valence-corrected chi connectivity index (χ2v) is 5.19. The number of hydrogen-bond donors (Lipinski definition) is 1. The summed E-state index contributed by atoms with van der Waals surface area (Å²) < 4.78 is 18.7. The summed E-state index contributed by atoms with van der Waals surface area (Å²) in [6.07, 6.45) is -0.708. The molecular weight excluding hydrogens is 302 g/mol. The van der Waals surface area contributed by atoms with E-state index in [0.717, 1.165) is 0 Å². The highest BCUT2D eigenvalue weighted by Gasteiger charge is 2.13. The molecule has 2 aromatic carbocycles. The third-order valence-corrected chi connectivity index (χ3v) is 3.52. The Morgan fingerprint density at radius 2 is 1.95 bits per heavy atom. The highest BCUT2D eigenvalue weighted by molar-refractivity contribution is 6.32. The van der Waals surface area contributed by atoms with Gasteiger partial charge in [-0.3, -0.25) is 0 Å². The maximum absolute atomic E-state index is 13.7. The molecule has 2 rings (SSSR count).